The fourth-order valence-electron chi connectivity index (χ4n) is 9.00. The quantitative estimate of drug-likeness (QED) is 0.404. The summed E-state index contributed by atoms with van der Waals surface area (Å²) in [6.07, 6.45) is 16.1. The van der Waals surface area contributed by atoms with Crippen molar-refractivity contribution in [1.82, 2.24) is 0 Å². The third-order valence-corrected chi connectivity index (χ3v) is 10.9. The molecule has 0 aliphatic heterocycles. The van der Waals surface area contributed by atoms with E-state index in [9.17, 15) is 4.79 Å². The van der Waals surface area contributed by atoms with E-state index >= 15 is 0 Å². The van der Waals surface area contributed by atoms with Crippen LogP contribution < -0.4 is 0 Å². The molecular weight excluding hydrogens is 364 g/mol. The van der Waals surface area contributed by atoms with Gasteiger partial charge in [-0.1, -0.05) is 45.4 Å². The average Bonchev–Trinajstić information content (AvgIpc) is 3.06. The molecular formula is C29H46O. The van der Waals surface area contributed by atoms with Gasteiger partial charge in [0, 0.05) is 6.42 Å². The van der Waals surface area contributed by atoms with Gasteiger partial charge in [0.2, 0.25) is 0 Å². The molecule has 1 nitrogen and oxygen atoms in total. The molecule has 0 unspecified atom stereocenters. The summed E-state index contributed by atoms with van der Waals surface area (Å²) in [4.78, 5) is 12.1. The third kappa shape index (κ3) is 3.57. The Kier molecular flexibility index (Phi) is 6.15. The van der Waals surface area contributed by atoms with Crippen LogP contribution in [0.1, 0.15) is 105 Å². The second kappa shape index (κ2) is 8.25. The maximum Gasteiger partial charge on any atom is 0.155 e. The zero-order valence-corrected chi connectivity index (χ0v) is 20.4. The summed E-state index contributed by atoms with van der Waals surface area (Å²) < 4.78 is 0. The second-order valence-electron chi connectivity index (χ2n) is 12.2. The molecule has 0 amide bonds. The van der Waals surface area contributed by atoms with Crippen LogP contribution in [-0.4, -0.2) is 5.78 Å². The first-order valence-corrected chi connectivity index (χ1v) is 13.1. The molecule has 4 aliphatic carbocycles. The van der Waals surface area contributed by atoms with Crippen LogP contribution >= 0.6 is 0 Å². The van der Waals surface area contributed by atoms with Crippen molar-refractivity contribution in [2.75, 3.05) is 0 Å². The lowest BCUT2D eigenvalue weighted by Gasteiger charge is -2.58. The van der Waals surface area contributed by atoms with Crippen molar-refractivity contribution in [2.45, 2.75) is 105 Å². The predicted molar refractivity (Wildman–Crippen MR) is 127 cm³/mol. The Morgan fingerprint density at radius 2 is 1.87 bits per heavy atom. The third-order valence-electron chi connectivity index (χ3n) is 10.9. The number of carbonyl (C=O) groups excluding carboxylic acids is 1. The molecule has 4 aliphatic rings. The molecule has 0 saturated heterocycles. The highest BCUT2D eigenvalue weighted by molar-refractivity contribution is 5.91. The van der Waals surface area contributed by atoms with Crippen LogP contribution in [0.4, 0.5) is 0 Å². The summed E-state index contributed by atoms with van der Waals surface area (Å²) in [6, 6.07) is 0. The van der Waals surface area contributed by atoms with E-state index in [0.29, 0.717) is 22.5 Å². The molecule has 0 aromatic heterocycles. The molecule has 168 valence electrons. The number of carbonyl (C=O) groups is 1. The highest BCUT2D eigenvalue weighted by Gasteiger charge is 2.59. The molecule has 0 bridgehead atoms. The summed E-state index contributed by atoms with van der Waals surface area (Å²) in [7, 11) is 0. The topological polar surface area (TPSA) is 17.1 Å². The zero-order chi connectivity index (χ0) is 21.7. The monoisotopic (exact) mass is 410 g/mol. The van der Waals surface area contributed by atoms with Gasteiger partial charge in [-0.25, -0.2) is 0 Å². The maximum absolute atomic E-state index is 12.1. The van der Waals surface area contributed by atoms with E-state index < -0.39 is 0 Å². The highest BCUT2D eigenvalue weighted by Crippen LogP contribution is 2.67. The minimum atomic E-state index is 0.317. The van der Waals surface area contributed by atoms with Crippen LogP contribution in [0.25, 0.3) is 0 Å². The van der Waals surface area contributed by atoms with E-state index in [1.807, 2.05) is 0 Å². The number of rotatable bonds is 6. The number of ketones is 1. The molecule has 3 saturated carbocycles. The van der Waals surface area contributed by atoms with Gasteiger partial charge < -0.3 is 0 Å². The summed E-state index contributed by atoms with van der Waals surface area (Å²) in [6.45, 7) is 16.5. The van der Waals surface area contributed by atoms with Gasteiger partial charge in [0.15, 0.2) is 5.78 Å². The Bertz CT molecular complexity index is 716. The van der Waals surface area contributed by atoms with E-state index in [-0.39, 0.29) is 0 Å². The number of fused-ring (bicyclic) bond motifs is 5. The van der Waals surface area contributed by atoms with Crippen LogP contribution in [0.2, 0.25) is 0 Å². The van der Waals surface area contributed by atoms with Crippen molar-refractivity contribution in [1.29, 1.82) is 0 Å². The smallest absolute Gasteiger partial charge is 0.155 e. The lowest BCUT2D eigenvalue weighted by atomic mass is 9.46. The highest BCUT2D eigenvalue weighted by atomic mass is 16.1. The Morgan fingerprint density at radius 3 is 2.57 bits per heavy atom. The predicted octanol–water partition coefficient (Wildman–Crippen LogP) is 8.15. The fraction of sp³-hybridized carbons (Fsp3) is 0.828. The zero-order valence-electron chi connectivity index (χ0n) is 20.4. The maximum atomic E-state index is 12.1. The molecule has 3 fully saturated rings. The molecule has 1 heteroatoms. The van der Waals surface area contributed by atoms with Crippen LogP contribution in [0.5, 0.6) is 0 Å². The van der Waals surface area contributed by atoms with Crippen molar-refractivity contribution in [3.8, 4) is 0 Å². The van der Waals surface area contributed by atoms with Gasteiger partial charge in [0.05, 0.1) is 0 Å². The molecule has 0 spiro atoms. The van der Waals surface area contributed by atoms with Crippen molar-refractivity contribution >= 4 is 5.78 Å². The molecule has 4 rings (SSSR count). The Labute approximate surface area is 186 Å². The summed E-state index contributed by atoms with van der Waals surface area (Å²) in [5.74, 6) is 5.49. The lowest BCUT2D eigenvalue weighted by Crippen LogP contribution is -2.51. The van der Waals surface area contributed by atoms with Gasteiger partial charge in [-0.15, -0.1) is 0 Å². The Morgan fingerprint density at radius 1 is 1.10 bits per heavy atom. The lowest BCUT2D eigenvalue weighted by molar-refractivity contribution is -0.117. The first-order valence-electron chi connectivity index (χ1n) is 13.1. The van der Waals surface area contributed by atoms with E-state index in [2.05, 4.69) is 47.3 Å². The number of hydrogen-bond acceptors (Lipinski definition) is 1. The van der Waals surface area contributed by atoms with Gasteiger partial charge in [0.25, 0.3) is 0 Å². The van der Waals surface area contributed by atoms with Gasteiger partial charge in [-0.2, -0.15) is 0 Å². The molecule has 0 radical (unpaired) electrons. The van der Waals surface area contributed by atoms with E-state index in [4.69, 9.17) is 0 Å². The van der Waals surface area contributed by atoms with E-state index in [1.54, 1.807) is 0 Å². The Balaban J connectivity index is 1.48. The summed E-state index contributed by atoms with van der Waals surface area (Å²) in [5.41, 5.74) is 3.76. The van der Waals surface area contributed by atoms with Gasteiger partial charge in [-0.3, -0.25) is 4.79 Å². The minimum Gasteiger partial charge on any atom is -0.295 e. The standard InChI is InChI=1S/C29H46O/c1-7-21(19(2)3)9-8-20(4)25-12-13-26-24-11-10-22-18-23(30)14-16-28(22,5)27(24)15-17-29(25,26)6/h18,20-21,24-27H,2,7-17H2,1,3-6H3/t20-,21-,24+,25-,26+,27+,28+,29-/m1/s1. The van der Waals surface area contributed by atoms with E-state index in [0.717, 1.165) is 42.4 Å². The van der Waals surface area contributed by atoms with Crippen molar-refractivity contribution in [3.63, 3.8) is 0 Å². The Hall–Kier alpha value is -0.850. The summed E-state index contributed by atoms with van der Waals surface area (Å²) in [5, 5.41) is 0. The van der Waals surface area contributed by atoms with Gasteiger partial charge >= 0.3 is 0 Å². The fourth-order valence-corrected chi connectivity index (χ4v) is 9.00. The second-order valence-corrected chi connectivity index (χ2v) is 12.2. The molecule has 0 N–H and O–H groups in total. The first kappa shape index (κ1) is 22.3. The van der Waals surface area contributed by atoms with Crippen molar-refractivity contribution in [2.24, 2.45) is 46.3 Å². The molecule has 0 heterocycles. The minimum absolute atomic E-state index is 0.317. The molecule has 8 atom stereocenters. The molecule has 30 heavy (non-hydrogen) atoms. The number of hydrogen-bond donors (Lipinski definition) is 0. The van der Waals surface area contributed by atoms with Gasteiger partial charge in [0.1, 0.15) is 0 Å². The van der Waals surface area contributed by atoms with Crippen LogP contribution in [-0.2, 0) is 4.79 Å². The molecule has 0 aromatic rings. The first-order chi connectivity index (χ1) is 14.2. The van der Waals surface area contributed by atoms with Crippen molar-refractivity contribution in [3.05, 3.63) is 23.8 Å². The van der Waals surface area contributed by atoms with Crippen LogP contribution in [0.3, 0.4) is 0 Å². The number of allylic oxidation sites excluding steroid dienone is 2. The van der Waals surface area contributed by atoms with E-state index in [1.165, 1.54) is 68.9 Å². The van der Waals surface area contributed by atoms with Gasteiger partial charge in [-0.05, 0) is 124 Å². The largest absolute Gasteiger partial charge is 0.295 e. The van der Waals surface area contributed by atoms with Crippen LogP contribution in [0.15, 0.2) is 23.8 Å². The SMILES string of the molecule is C=C(C)[C@H](CC)CC[C@@H](C)[C@H]1CC[C@H]2[C@@H]3CCC4=CC(=O)CC[C@]4(C)[C@H]3CC[C@]12C. The van der Waals surface area contributed by atoms with Crippen molar-refractivity contribution < 1.29 is 4.79 Å². The summed E-state index contributed by atoms with van der Waals surface area (Å²) >= 11 is 0. The van der Waals surface area contributed by atoms with Crippen LogP contribution in [0, 0.1) is 46.3 Å². The molecule has 0 aromatic carbocycles. The average molecular weight is 411 g/mol. The normalized spacial score (nSPS) is 42.6.